The summed E-state index contributed by atoms with van der Waals surface area (Å²) in [4.78, 5) is 24.5. The zero-order chi connectivity index (χ0) is 11.7. The number of likely N-dealkylation sites (tertiary alicyclic amines) is 1. The lowest BCUT2D eigenvalue weighted by Crippen LogP contribution is -2.50. The number of hydrogen-bond acceptors (Lipinski definition) is 3. The van der Waals surface area contributed by atoms with Crippen LogP contribution in [0.4, 0.5) is 0 Å². The number of nitrogens with zero attached hydrogens (tertiary/aromatic N) is 1. The fraction of sp³-hybridized carbons (Fsp3) is 0.400. The van der Waals surface area contributed by atoms with Gasteiger partial charge in [-0.3, -0.25) is 9.59 Å². The van der Waals surface area contributed by atoms with Crippen LogP contribution in [0.2, 0.25) is 5.02 Å². The van der Waals surface area contributed by atoms with Gasteiger partial charge in [0.25, 0.3) is 5.91 Å². The summed E-state index contributed by atoms with van der Waals surface area (Å²) in [6, 6.07) is 1.69. The maximum atomic E-state index is 11.8. The van der Waals surface area contributed by atoms with Crippen molar-refractivity contribution >= 4 is 34.8 Å². The molecule has 0 radical (unpaired) electrons. The zero-order valence-corrected chi connectivity index (χ0v) is 9.92. The molecule has 0 aromatic carbocycles. The first kappa shape index (κ1) is 11.4. The van der Waals surface area contributed by atoms with Crippen LogP contribution in [-0.2, 0) is 4.79 Å². The molecule has 1 fully saturated rings. The van der Waals surface area contributed by atoms with Gasteiger partial charge in [-0.1, -0.05) is 11.6 Å². The van der Waals surface area contributed by atoms with Gasteiger partial charge in [-0.2, -0.15) is 0 Å². The van der Waals surface area contributed by atoms with Crippen molar-refractivity contribution < 1.29 is 14.7 Å². The average molecular weight is 260 g/mol. The van der Waals surface area contributed by atoms with Crippen LogP contribution in [-0.4, -0.2) is 35.0 Å². The number of rotatable bonds is 3. The van der Waals surface area contributed by atoms with Crippen molar-refractivity contribution in [1.29, 1.82) is 0 Å². The highest BCUT2D eigenvalue weighted by Gasteiger charge is 2.33. The summed E-state index contributed by atoms with van der Waals surface area (Å²) in [5, 5.41) is 10.8. The first-order valence-corrected chi connectivity index (χ1v) is 6.07. The number of aliphatic carboxylic acids is 1. The third-order valence-electron chi connectivity index (χ3n) is 2.52. The Bertz CT molecular complexity index is 425. The molecule has 0 spiro atoms. The van der Waals surface area contributed by atoms with Gasteiger partial charge in [0, 0.05) is 19.0 Å². The van der Waals surface area contributed by atoms with Gasteiger partial charge >= 0.3 is 5.97 Å². The molecule has 0 aliphatic carbocycles. The average Bonchev–Trinajstić information content (AvgIpc) is 2.56. The number of carboxylic acid groups (broad SMARTS) is 1. The lowest BCUT2D eigenvalue weighted by Gasteiger charge is -2.38. The van der Waals surface area contributed by atoms with E-state index in [0.29, 0.717) is 23.0 Å². The Kier molecular flexibility index (Phi) is 3.16. The molecule has 6 heteroatoms. The minimum atomic E-state index is -0.814. The molecule has 2 rings (SSSR count). The molecule has 1 aromatic rings. The van der Waals surface area contributed by atoms with E-state index in [-0.39, 0.29) is 18.2 Å². The highest BCUT2D eigenvalue weighted by Crippen LogP contribution is 2.27. The predicted octanol–water partition coefficient (Wildman–Crippen LogP) is 1.95. The Hall–Kier alpha value is -1.07. The smallest absolute Gasteiger partial charge is 0.303 e. The Balaban J connectivity index is 1.91. The second-order valence-corrected chi connectivity index (χ2v) is 5.10. The summed E-state index contributed by atoms with van der Waals surface area (Å²) in [6.07, 6.45) is 0.127. The topological polar surface area (TPSA) is 57.6 Å². The quantitative estimate of drug-likeness (QED) is 0.903. The molecule has 1 saturated heterocycles. The maximum absolute atomic E-state index is 11.8. The summed E-state index contributed by atoms with van der Waals surface area (Å²) in [5.41, 5.74) is 0. The van der Waals surface area contributed by atoms with Crippen LogP contribution in [0, 0.1) is 5.92 Å². The van der Waals surface area contributed by atoms with Crippen LogP contribution in [0.5, 0.6) is 0 Å². The predicted molar refractivity (Wildman–Crippen MR) is 61.0 cm³/mol. The number of thiophene rings is 1. The third kappa shape index (κ3) is 2.20. The molecule has 0 atom stereocenters. The van der Waals surface area contributed by atoms with Crippen LogP contribution in [0.3, 0.4) is 0 Å². The number of halogens is 1. The van der Waals surface area contributed by atoms with Crippen LogP contribution in [0.1, 0.15) is 16.1 Å². The first-order chi connectivity index (χ1) is 7.58. The van der Waals surface area contributed by atoms with E-state index in [9.17, 15) is 9.59 Å². The normalized spacial score (nSPS) is 15.9. The molecule has 1 N–H and O–H groups in total. The van der Waals surface area contributed by atoms with Crippen LogP contribution >= 0.6 is 22.9 Å². The Morgan fingerprint density at radius 3 is 2.75 bits per heavy atom. The van der Waals surface area contributed by atoms with Gasteiger partial charge in [-0.25, -0.2) is 0 Å². The van der Waals surface area contributed by atoms with Crippen LogP contribution in [0.25, 0.3) is 0 Å². The van der Waals surface area contributed by atoms with Gasteiger partial charge in [0.1, 0.15) is 4.88 Å². The SMILES string of the molecule is O=C(O)CC1CN(C(=O)c2sccc2Cl)C1. The number of carbonyl (C=O) groups excluding carboxylic acids is 1. The van der Waals surface area contributed by atoms with E-state index in [2.05, 4.69) is 0 Å². The molecule has 1 amide bonds. The van der Waals surface area contributed by atoms with Gasteiger partial charge in [0.05, 0.1) is 11.4 Å². The number of amides is 1. The first-order valence-electron chi connectivity index (χ1n) is 4.82. The molecule has 1 aliphatic heterocycles. The van der Waals surface area contributed by atoms with Crippen molar-refractivity contribution in [2.24, 2.45) is 5.92 Å². The number of carboxylic acids is 1. The van der Waals surface area contributed by atoms with Gasteiger partial charge in [0.2, 0.25) is 0 Å². The van der Waals surface area contributed by atoms with Crippen molar-refractivity contribution in [1.82, 2.24) is 4.90 Å². The Labute approximate surface area is 101 Å². The molecule has 1 aliphatic rings. The molecule has 16 heavy (non-hydrogen) atoms. The van der Waals surface area contributed by atoms with Crippen molar-refractivity contribution in [3.05, 3.63) is 21.3 Å². The van der Waals surface area contributed by atoms with E-state index in [1.165, 1.54) is 11.3 Å². The molecule has 86 valence electrons. The van der Waals surface area contributed by atoms with E-state index in [0.717, 1.165) is 0 Å². The lowest BCUT2D eigenvalue weighted by atomic mass is 9.96. The summed E-state index contributed by atoms with van der Waals surface area (Å²) in [7, 11) is 0. The highest BCUT2D eigenvalue weighted by atomic mass is 35.5. The third-order valence-corrected chi connectivity index (χ3v) is 3.85. The van der Waals surface area contributed by atoms with E-state index in [1.807, 2.05) is 0 Å². The minimum Gasteiger partial charge on any atom is -0.481 e. The van der Waals surface area contributed by atoms with Crippen molar-refractivity contribution in [2.75, 3.05) is 13.1 Å². The number of carbonyl (C=O) groups is 2. The molecular formula is C10H10ClNO3S. The van der Waals surface area contributed by atoms with Gasteiger partial charge in [-0.05, 0) is 11.4 Å². The second kappa shape index (κ2) is 4.43. The van der Waals surface area contributed by atoms with E-state index in [4.69, 9.17) is 16.7 Å². The summed E-state index contributed by atoms with van der Waals surface area (Å²) in [6.45, 7) is 1.03. The van der Waals surface area contributed by atoms with Gasteiger partial charge in [-0.15, -0.1) is 11.3 Å². The highest BCUT2D eigenvalue weighted by molar-refractivity contribution is 7.12. The largest absolute Gasteiger partial charge is 0.481 e. The lowest BCUT2D eigenvalue weighted by molar-refractivity contribution is -0.139. The number of hydrogen-bond donors (Lipinski definition) is 1. The molecule has 0 bridgehead atoms. The Morgan fingerprint density at radius 1 is 1.56 bits per heavy atom. The Morgan fingerprint density at radius 2 is 2.25 bits per heavy atom. The van der Waals surface area contributed by atoms with Gasteiger partial charge < -0.3 is 10.0 Å². The maximum Gasteiger partial charge on any atom is 0.303 e. The van der Waals surface area contributed by atoms with E-state index >= 15 is 0 Å². The molecule has 4 nitrogen and oxygen atoms in total. The monoisotopic (exact) mass is 259 g/mol. The fourth-order valence-corrected chi connectivity index (χ4v) is 2.80. The van der Waals surface area contributed by atoms with E-state index < -0.39 is 5.97 Å². The molecule has 1 aromatic heterocycles. The second-order valence-electron chi connectivity index (χ2n) is 3.77. The molecule has 2 heterocycles. The van der Waals surface area contributed by atoms with Crippen molar-refractivity contribution in [2.45, 2.75) is 6.42 Å². The van der Waals surface area contributed by atoms with E-state index in [1.54, 1.807) is 16.3 Å². The molecular weight excluding hydrogens is 250 g/mol. The fourth-order valence-electron chi connectivity index (χ4n) is 1.70. The zero-order valence-electron chi connectivity index (χ0n) is 8.35. The van der Waals surface area contributed by atoms with Gasteiger partial charge in [0.15, 0.2) is 0 Å². The van der Waals surface area contributed by atoms with Crippen molar-refractivity contribution in [3.63, 3.8) is 0 Å². The van der Waals surface area contributed by atoms with Crippen molar-refractivity contribution in [3.8, 4) is 0 Å². The molecule has 0 unspecified atom stereocenters. The summed E-state index contributed by atoms with van der Waals surface area (Å²) in [5.74, 6) is -0.826. The summed E-state index contributed by atoms with van der Waals surface area (Å²) < 4.78 is 0. The molecule has 0 saturated carbocycles. The van der Waals surface area contributed by atoms with Crippen LogP contribution in [0.15, 0.2) is 11.4 Å². The summed E-state index contributed by atoms with van der Waals surface area (Å²) >= 11 is 7.16. The standard InChI is InChI=1S/C10H10ClNO3S/c11-7-1-2-16-9(7)10(15)12-4-6(5-12)3-8(13)14/h1-2,6H,3-5H2,(H,13,14). The van der Waals surface area contributed by atoms with Crippen LogP contribution < -0.4 is 0 Å². The minimum absolute atomic E-state index is 0.0835.